The lowest BCUT2D eigenvalue weighted by Crippen LogP contribution is -2.40. The fraction of sp³-hybridized carbons (Fsp3) is 0.400. The fourth-order valence-electron chi connectivity index (χ4n) is 0.727. The van der Waals surface area contributed by atoms with E-state index in [1.807, 2.05) is 0 Å². The Morgan fingerprint density at radius 1 is 1.67 bits per heavy atom. The lowest BCUT2D eigenvalue weighted by atomic mass is 10.5. The molecule has 7 nitrogen and oxygen atoms in total. The van der Waals surface area contributed by atoms with Crippen molar-refractivity contribution in [3.63, 3.8) is 0 Å². The van der Waals surface area contributed by atoms with Crippen molar-refractivity contribution in [1.82, 2.24) is 15.7 Å². The molecule has 1 aliphatic rings. The van der Waals surface area contributed by atoms with Gasteiger partial charge in [-0.15, -0.1) is 4.91 Å². The van der Waals surface area contributed by atoms with Gasteiger partial charge in [-0.2, -0.15) is 5.12 Å². The van der Waals surface area contributed by atoms with E-state index in [-0.39, 0.29) is 5.70 Å². The molecule has 0 aromatic rings. The number of hydrogen-bond donors (Lipinski definition) is 1. The molecule has 0 aromatic heterocycles. The maximum atomic E-state index is 10.9. The number of nitrogens with zero attached hydrogens (tertiary/aromatic N) is 3. The smallest absolute Gasteiger partial charge is 0.344 e. The van der Waals surface area contributed by atoms with Crippen LogP contribution < -0.4 is 5.59 Å². The molecule has 0 aliphatic carbocycles. The van der Waals surface area contributed by atoms with Crippen molar-refractivity contribution in [3.8, 4) is 0 Å². The van der Waals surface area contributed by atoms with E-state index >= 15 is 0 Å². The molecule has 0 amide bonds. The highest BCUT2D eigenvalue weighted by Gasteiger charge is 2.29. The van der Waals surface area contributed by atoms with Gasteiger partial charge in [0.1, 0.15) is 6.20 Å². The number of rotatable bonds is 2. The number of nitrogens with one attached hydrogen (secondary N) is 1. The van der Waals surface area contributed by atoms with Crippen LogP contribution in [0.1, 0.15) is 0 Å². The molecule has 0 radical (unpaired) electrons. The van der Waals surface area contributed by atoms with Gasteiger partial charge in [0, 0.05) is 14.1 Å². The van der Waals surface area contributed by atoms with E-state index in [0.717, 1.165) is 6.20 Å². The van der Waals surface area contributed by atoms with E-state index in [4.69, 9.17) is 0 Å². The summed E-state index contributed by atoms with van der Waals surface area (Å²) in [5.74, 6) is -0.636. The predicted molar refractivity (Wildman–Crippen MR) is 38.6 cm³/mol. The van der Waals surface area contributed by atoms with Gasteiger partial charge in [-0.1, -0.05) is 0 Å². The third-order valence-corrected chi connectivity index (χ3v) is 1.24. The largest absolute Gasteiger partial charge is 0.379 e. The standard InChI is InChI=1S/C5H8N4O3/c1-8(2)9-4(3-6-11)5(10)12-7-9/h3,7H,1-2H3/b4-3-. The molecule has 1 heterocycles. The predicted octanol–water partition coefficient (Wildman–Crippen LogP) is -0.651. The second-order valence-corrected chi connectivity index (χ2v) is 2.26. The first-order valence-electron chi connectivity index (χ1n) is 3.13. The molecule has 0 spiro atoms. The van der Waals surface area contributed by atoms with Gasteiger partial charge < -0.3 is 4.84 Å². The van der Waals surface area contributed by atoms with Gasteiger partial charge in [-0.3, -0.25) is 0 Å². The Bertz CT molecular complexity index is 237. The monoisotopic (exact) mass is 172 g/mol. The average molecular weight is 172 g/mol. The summed E-state index contributed by atoms with van der Waals surface area (Å²) in [6.07, 6.45) is 0.877. The van der Waals surface area contributed by atoms with E-state index in [9.17, 15) is 9.70 Å². The Labute approximate surface area is 68.4 Å². The summed E-state index contributed by atoms with van der Waals surface area (Å²) in [5.41, 5.74) is 2.33. The maximum Gasteiger partial charge on any atom is 0.379 e. The van der Waals surface area contributed by atoms with Crippen LogP contribution in [0.3, 0.4) is 0 Å². The Morgan fingerprint density at radius 2 is 2.33 bits per heavy atom. The summed E-state index contributed by atoms with van der Waals surface area (Å²) in [6.45, 7) is 0. The van der Waals surface area contributed by atoms with Crippen molar-refractivity contribution in [2.24, 2.45) is 5.18 Å². The Balaban J connectivity index is 2.84. The van der Waals surface area contributed by atoms with Gasteiger partial charge >= 0.3 is 5.97 Å². The SMILES string of the molecule is CN(C)N1NOC(=O)/C1=C/N=O. The minimum Gasteiger partial charge on any atom is -0.344 e. The van der Waals surface area contributed by atoms with E-state index in [1.165, 1.54) is 10.1 Å². The molecule has 0 saturated carbocycles. The Hall–Kier alpha value is -1.47. The minimum absolute atomic E-state index is 0.0509. The molecule has 7 heteroatoms. The molecular formula is C5H8N4O3. The first-order valence-corrected chi connectivity index (χ1v) is 3.13. The fourth-order valence-corrected chi connectivity index (χ4v) is 0.727. The van der Waals surface area contributed by atoms with Crippen LogP contribution in [-0.2, 0) is 9.63 Å². The maximum absolute atomic E-state index is 10.9. The van der Waals surface area contributed by atoms with Crippen molar-refractivity contribution in [2.45, 2.75) is 0 Å². The zero-order valence-corrected chi connectivity index (χ0v) is 6.64. The van der Waals surface area contributed by atoms with Crippen molar-refractivity contribution in [1.29, 1.82) is 0 Å². The summed E-state index contributed by atoms with van der Waals surface area (Å²) in [7, 11) is 3.35. The second kappa shape index (κ2) is 3.28. The van der Waals surface area contributed by atoms with Crippen LogP contribution in [-0.4, -0.2) is 30.2 Å². The van der Waals surface area contributed by atoms with Crippen molar-refractivity contribution in [3.05, 3.63) is 16.8 Å². The summed E-state index contributed by atoms with van der Waals surface area (Å²) in [4.78, 5) is 25.1. The van der Waals surface area contributed by atoms with Crippen LogP contribution >= 0.6 is 0 Å². The number of hydrazine groups is 2. The normalized spacial score (nSPS) is 20.4. The third-order valence-electron chi connectivity index (χ3n) is 1.24. The Kier molecular flexibility index (Phi) is 2.36. The van der Waals surface area contributed by atoms with Crippen molar-refractivity contribution >= 4 is 5.97 Å². The first kappa shape index (κ1) is 8.62. The lowest BCUT2D eigenvalue weighted by Gasteiger charge is -2.21. The quantitative estimate of drug-likeness (QED) is 0.440. The zero-order valence-electron chi connectivity index (χ0n) is 6.64. The van der Waals surface area contributed by atoms with Crippen molar-refractivity contribution in [2.75, 3.05) is 14.1 Å². The van der Waals surface area contributed by atoms with Crippen LogP contribution in [0.25, 0.3) is 0 Å². The van der Waals surface area contributed by atoms with E-state index in [0.29, 0.717) is 0 Å². The molecule has 1 fully saturated rings. The molecule has 0 unspecified atom stereocenters. The lowest BCUT2D eigenvalue weighted by molar-refractivity contribution is -0.147. The van der Waals surface area contributed by atoms with Gasteiger partial charge in [0.05, 0.1) is 0 Å². The summed E-state index contributed by atoms with van der Waals surface area (Å²) < 4.78 is 0. The Morgan fingerprint density at radius 3 is 2.83 bits per heavy atom. The number of hydrogen-bond acceptors (Lipinski definition) is 7. The molecule has 0 aromatic carbocycles. The van der Waals surface area contributed by atoms with E-state index < -0.39 is 5.97 Å². The molecular weight excluding hydrogens is 164 g/mol. The van der Waals surface area contributed by atoms with Gasteiger partial charge in [-0.05, 0) is 10.8 Å². The highest BCUT2D eigenvalue weighted by atomic mass is 16.7. The molecule has 12 heavy (non-hydrogen) atoms. The zero-order chi connectivity index (χ0) is 9.14. The minimum atomic E-state index is -0.636. The van der Waals surface area contributed by atoms with Crippen LogP contribution in [0, 0.1) is 4.91 Å². The number of carbonyl (C=O) groups excluding carboxylic acids is 1. The molecule has 1 rings (SSSR count). The first-order chi connectivity index (χ1) is 5.66. The average Bonchev–Trinajstić information content (AvgIpc) is 2.34. The second-order valence-electron chi connectivity index (χ2n) is 2.26. The number of nitroso groups, excluding NO2 is 1. The van der Waals surface area contributed by atoms with E-state index in [1.54, 1.807) is 14.1 Å². The molecule has 1 saturated heterocycles. The highest BCUT2D eigenvalue weighted by molar-refractivity contribution is 5.88. The van der Waals surface area contributed by atoms with Crippen molar-refractivity contribution < 1.29 is 9.63 Å². The van der Waals surface area contributed by atoms with Crippen LogP contribution in [0.2, 0.25) is 0 Å². The molecule has 1 aliphatic heterocycles. The topological polar surface area (TPSA) is 74.2 Å². The molecule has 0 bridgehead atoms. The molecule has 0 atom stereocenters. The molecule has 1 N–H and O–H groups in total. The van der Waals surface area contributed by atoms with Gasteiger partial charge in [-0.25, -0.2) is 9.80 Å². The summed E-state index contributed by atoms with van der Waals surface area (Å²) in [5, 5.41) is 5.26. The summed E-state index contributed by atoms with van der Waals surface area (Å²) in [6, 6.07) is 0. The van der Waals surface area contributed by atoms with Crippen LogP contribution in [0.5, 0.6) is 0 Å². The summed E-state index contributed by atoms with van der Waals surface area (Å²) >= 11 is 0. The third kappa shape index (κ3) is 1.41. The van der Waals surface area contributed by atoms with Gasteiger partial charge in [0.15, 0.2) is 5.70 Å². The highest BCUT2D eigenvalue weighted by Crippen LogP contribution is 2.11. The van der Waals surface area contributed by atoms with Crippen LogP contribution in [0.4, 0.5) is 0 Å². The number of carbonyl (C=O) groups is 1. The van der Waals surface area contributed by atoms with E-state index in [2.05, 4.69) is 15.6 Å². The van der Waals surface area contributed by atoms with Gasteiger partial charge in [0.25, 0.3) is 0 Å². The van der Waals surface area contributed by atoms with Gasteiger partial charge in [0.2, 0.25) is 0 Å². The molecule has 66 valence electrons. The van der Waals surface area contributed by atoms with Crippen LogP contribution in [0.15, 0.2) is 17.1 Å².